The number of aromatic nitrogens is 2. The van der Waals surface area contributed by atoms with Crippen LogP contribution in [-0.2, 0) is 6.54 Å². The highest BCUT2D eigenvalue weighted by molar-refractivity contribution is 7.99. The smallest absolute Gasteiger partial charge is 0.194 e. The van der Waals surface area contributed by atoms with Gasteiger partial charge in [0.05, 0.1) is 25.0 Å². The van der Waals surface area contributed by atoms with Crippen LogP contribution in [0.15, 0.2) is 41.5 Å². The largest absolute Gasteiger partial charge is 0.357 e. The maximum absolute atomic E-state index is 4.79. The number of imidazole rings is 1. The first-order chi connectivity index (χ1) is 11.9. The molecule has 5 nitrogen and oxygen atoms in total. The van der Waals surface area contributed by atoms with Crippen LogP contribution in [0.25, 0.3) is 11.3 Å². The quantitative estimate of drug-likeness (QED) is 0.586. The lowest BCUT2D eigenvalue weighted by Gasteiger charge is -2.24. The number of H-pyrrole nitrogens is 1. The van der Waals surface area contributed by atoms with Crippen molar-refractivity contribution in [3.63, 3.8) is 0 Å². The Morgan fingerprint density at radius 1 is 1.32 bits per heavy atom. The average molecular weight is 360 g/mol. The predicted molar refractivity (Wildman–Crippen MR) is 109 cm³/mol. The second-order valence-corrected chi connectivity index (χ2v) is 8.11. The minimum atomic E-state index is 0.132. The van der Waals surface area contributed by atoms with E-state index < -0.39 is 0 Å². The van der Waals surface area contributed by atoms with Crippen LogP contribution in [0.1, 0.15) is 26.6 Å². The number of hydrogen-bond donors (Lipinski definition) is 2. The van der Waals surface area contributed by atoms with Crippen LogP contribution in [0.3, 0.4) is 0 Å². The highest BCUT2D eigenvalue weighted by Gasteiger charge is 2.17. The first-order valence-electron chi connectivity index (χ1n) is 8.59. The average Bonchev–Trinajstić information content (AvgIpc) is 3.07. The SMILES string of the molecule is CCNC(=NCC(C)(C)SC)N(C)Cc1ncc(-c2ccccc2)[nH]1. The zero-order valence-electron chi connectivity index (χ0n) is 15.8. The van der Waals surface area contributed by atoms with E-state index >= 15 is 0 Å². The van der Waals surface area contributed by atoms with E-state index in [0.717, 1.165) is 36.1 Å². The predicted octanol–water partition coefficient (Wildman–Crippen LogP) is 3.62. The fourth-order valence-corrected chi connectivity index (χ4v) is 2.50. The topological polar surface area (TPSA) is 56.3 Å². The molecule has 0 spiro atoms. The van der Waals surface area contributed by atoms with Crippen LogP contribution in [0.5, 0.6) is 0 Å². The molecule has 0 aliphatic rings. The number of guanidine groups is 1. The Kier molecular flexibility index (Phi) is 6.93. The molecule has 1 aromatic carbocycles. The summed E-state index contributed by atoms with van der Waals surface area (Å²) in [5.74, 6) is 1.83. The van der Waals surface area contributed by atoms with Gasteiger partial charge in [0.15, 0.2) is 5.96 Å². The fourth-order valence-electron chi connectivity index (χ4n) is 2.31. The monoisotopic (exact) mass is 359 g/mol. The van der Waals surface area contributed by atoms with Gasteiger partial charge in [-0.15, -0.1) is 0 Å². The van der Waals surface area contributed by atoms with Gasteiger partial charge in [0.1, 0.15) is 5.82 Å². The Bertz CT molecular complexity index is 678. The van der Waals surface area contributed by atoms with E-state index in [2.05, 4.69) is 59.3 Å². The Balaban J connectivity index is 2.07. The van der Waals surface area contributed by atoms with Crippen LogP contribution in [0.4, 0.5) is 0 Å². The van der Waals surface area contributed by atoms with Crippen LogP contribution < -0.4 is 5.32 Å². The Labute approximate surface area is 155 Å². The normalized spacial score (nSPS) is 12.3. The Hall–Kier alpha value is -1.95. The summed E-state index contributed by atoms with van der Waals surface area (Å²) in [6.07, 6.45) is 4.01. The molecule has 2 rings (SSSR count). The molecular formula is C19H29N5S. The standard InChI is InChI=1S/C19H29N5S/c1-6-20-18(22-14-19(2,3)25-5)24(4)13-17-21-12-16(23-17)15-10-8-7-9-11-15/h7-12H,6,13-14H2,1-5H3,(H,20,22)(H,21,23). The maximum atomic E-state index is 4.79. The molecule has 136 valence electrons. The van der Waals surface area contributed by atoms with Crippen molar-refractivity contribution in [2.45, 2.75) is 32.1 Å². The van der Waals surface area contributed by atoms with Gasteiger partial charge in [-0.1, -0.05) is 30.3 Å². The summed E-state index contributed by atoms with van der Waals surface area (Å²) in [6.45, 7) is 8.80. The lowest BCUT2D eigenvalue weighted by atomic mass is 10.2. The number of aliphatic imine (C=N–C) groups is 1. The lowest BCUT2D eigenvalue weighted by molar-refractivity contribution is 0.462. The number of rotatable bonds is 7. The van der Waals surface area contributed by atoms with E-state index in [1.165, 1.54) is 0 Å². The summed E-state index contributed by atoms with van der Waals surface area (Å²) in [5, 5.41) is 3.36. The molecule has 0 unspecified atom stereocenters. The number of benzene rings is 1. The van der Waals surface area contributed by atoms with Gasteiger partial charge in [-0.3, -0.25) is 4.99 Å². The summed E-state index contributed by atoms with van der Waals surface area (Å²) < 4.78 is 0.132. The van der Waals surface area contributed by atoms with Gasteiger partial charge in [-0.25, -0.2) is 4.98 Å². The molecule has 0 amide bonds. The molecule has 2 N–H and O–H groups in total. The Morgan fingerprint density at radius 3 is 2.68 bits per heavy atom. The third-order valence-corrected chi connectivity index (χ3v) is 5.19. The third kappa shape index (κ3) is 5.81. The van der Waals surface area contributed by atoms with E-state index in [0.29, 0.717) is 6.54 Å². The van der Waals surface area contributed by atoms with Gasteiger partial charge >= 0.3 is 0 Å². The molecule has 0 atom stereocenters. The van der Waals surface area contributed by atoms with E-state index in [4.69, 9.17) is 4.99 Å². The molecule has 0 bridgehead atoms. The van der Waals surface area contributed by atoms with Crippen molar-refractivity contribution >= 4 is 17.7 Å². The Morgan fingerprint density at radius 2 is 2.04 bits per heavy atom. The van der Waals surface area contributed by atoms with Crippen molar-refractivity contribution in [3.05, 3.63) is 42.4 Å². The third-order valence-electron chi connectivity index (χ3n) is 3.96. The first kappa shape index (κ1) is 19.4. The zero-order valence-corrected chi connectivity index (χ0v) is 16.7. The zero-order chi connectivity index (χ0) is 18.3. The van der Waals surface area contributed by atoms with Gasteiger partial charge in [-0.05, 0) is 32.6 Å². The second kappa shape index (κ2) is 8.94. The molecule has 0 radical (unpaired) electrons. The molecule has 0 aliphatic carbocycles. The molecule has 25 heavy (non-hydrogen) atoms. The van der Waals surface area contributed by atoms with E-state index in [9.17, 15) is 0 Å². The number of thioether (sulfide) groups is 1. The van der Waals surface area contributed by atoms with Crippen LogP contribution >= 0.6 is 11.8 Å². The summed E-state index contributed by atoms with van der Waals surface area (Å²) in [5.41, 5.74) is 2.18. The van der Waals surface area contributed by atoms with Crippen LogP contribution in [0, 0.1) is 0 Å². The molecule has 0 aliphatic heterocycles. The van der Waals surface area contributed by atoms with Gasteiger partial charge in [-0.2, -0.15) is 11.8 Å². The minimum absolute atomic E-state index is 0.132. The molecular weight excluding hydrogens is 330 g/mol. The number of hydrogen-bond acceptors (Lipinski definition) is 3. The summed E-state index contributed by atoms with van der Waals surface area (Å²) in [6, 6.07) is 10.2. The van der Waals surface area contributed by atoms with Gasteiger partial charge < -0.3 is 15.2 Å². The van der Waals surface area contributed by atoms with Gasteiger partial charge in [0.2, 0.25) is 0 Å². The minimum Gasteiger partial charge on any atom is -0.357 e. The molecule has 1 aromatic heterocycles. The molecule has 0 fully saturated rings. The van der Waals surface area contributed by atoms with Crippen molar-refractivity contribution in [1.29, 1.82) is 0 Å². The fraction of sp³-hybridized carbons (Fsp3) is 0.474. The van der Waals surface area contributed by atoms with Crippen molar-refractivity contribution in [2.75, 3.05) is 26.4 Å². The lowest BCUT2D eigenvalue weighted by Crippen LogP contribution is -2.39. The number of nitrogens with one attached hydrogen (secondary N) is 2. The molecule has 1 heterocycles. The first-order valence-corrected chi connectivity index (χ1v) is 9.81. The number of nitrogens with zero attached hydrogens (tertiary/aromatic N) is 3. The van der Waals surface area contributed by atoms with Crippen molar-refractivity contribution in [3.8, 4) is 11.3 Å². The molecule has 0 saturated carbocycles. The van der Waals surface area contributed by atoms with E-state index in [-0.39, 0.29) is 4.75 Å². The highest BCUT2D eigenvalue weighted by atomic mass is 32.2. The van der Waals surface area contributed by atoms with Crippen molar-refractivity contribution < 1.29 is 0 Å². The van der Waals surface area contributed by atoms with Crippen molar-refractivity contribution in [1.82, 2.24) is 20.2 Å². The molecule has 0 saturated heterocycles. The van der Waals surface area contributed by atoms with Gasteiger partial charge in [0.25, 0.3) is 0 Å². The number of aromatic amines is 1. The van der Waals surface area contributed by atoms with Crippen LogP contribution in [0.2, 0.25) is 0 Å². The van der Waals surface area contributed by atoms with Gasteiger partial charge in [0, 0.05) is 18.3 Å². The summed E-state index contributed by atoms with van der Waals surface area (Å²) >= 11 is 1.83. The molecule has 6 heteroatoms. The van der Waals surface area contributed by atoms with Crippen LogP contribution in [-0.4, -0.2) is 52.0 Å². The van der Waals surface area contributed by atoms with E-state index in [1.54, 1.807) is 0 Å². The summed E-state index contributed by atoms with van der Waals surface area (Å²) in [4.78, 5) is 14.8. The summed E-state index contributed by atoms with van der Waals surface area (Å²) in [7, 11) is 2.04. The van der Waals surface area contributed by atoms with E-state index in [1.807, 2.05) is 43.2 Å². The van der Waals surface area contributed by atoms with Crippen molar-refractivity contribution in [2.24, 2.45) is 4.99 Å². The second-order valence-electron chi connectivity index (χ2n) is 6.60. The highest BCUT2D eigenvalue weighted by Crippen LogP contribution is 2.21. The maximum Gasteiger partial charge on any atom is 0.194 e. The molecule has 2 aromatic rings.